The summed E-state index contributed by atoms with van der Waals surface area (Å²) in [4.78, 5) is 11.9. The van der Waals surface area contributed by atoms with E-state index in [2.05, 4.69) is 5.32 Å². The smallest absolute Gasteiger partial charge is 0.220 e. The van der Waals surface area contributed by atoms with Gasteiger partial charge in [-0.15, -0.1) is 0 Å². The highest BCUT2D eigenvalue weighted by atomic mass is 16.5. The SMILES string of the molecule is CCCC(=O)N[C@@H](CCC1OC(CO)C(O)C(O)C1O)[C@H](O)[C@H](O)CC. The fourth-order valence-corrected chi connectivity index (χ4v) is 3.11. The van der Waals surface area contributed by atoms with Gasteiger partial charge >= 0.3 is 0 Å². The molecule has 9 nitrogen and oxygen atoms in total. The van der Waals surface area contributed by atoms with E-state index < -0.39 is 55.4 Å². The lowest BCUT2D eigenvalue weighted by Crippen LogP contribution is -2.59. The molecule has 7 N–H and O–H groups in total. The topological polar surface area (TPSA) is 160 Å². The highest BCUT2D eigenvalue weighted by Crippen LogP contribution is 2.25. The third kappa shape index (κ3) is 6.12. The lowest BCUT2D eigenvalue weighted by molar-refractivity contribution is -0.231. The normalized spacial score (nSPS) is 32.7. The van der Waals surface area contributed by atoms with Crippen molar-refractivity contribution >= 4 is 5.91 Å². The van der Waals surface area contributed by atoms with E-state index in [1.165, 1.54) is 0 Å². The standard InChI is InChI=1S/C17H33NO8/c1-3-5-13(21)18-9(14(22)10(20)4-2)6-7-11-15(23)17(25)16(24)12(8-19)26-11/h9-12,14-17,19-20,22-25H,3-8H2,1-2H3,(H,18,21)/t9-,10+,11?,12?,14-,15?,16?,17?/m0/s1. The summed E-state index contributed by atoms with van der Waals surface area (Å²) in [7, 11) is 0. The molecule has 0 spiro atoms. The first-order valence-corrected chi connectivity index (χ1v) is 9.22. The summed E-state index contributed by atoms with van der Waals surface area (Å²) in [5.41, 5.74) is 0. The Hall–Kier alpha value is -0.810. The zero-order chi connectivity index (χ0) is 19.9. The van der Waals surface area contributed by atoms with Gasteiger partial charge in [-0.3, -0.25) is 4.79 Å². The minimum Gasteiger partial charge on any atom is -0.394 e. The van der Waals surface area contributed by atoms with E-state index in [1.54, 1.807) is 6.92 Å². The predicted molar refractivity (Wildman–Crippen MR) is 92.1 cm³/mol. The molecule has 0 aromatic rings. The van der Waals surface area contributed by atoms with Gasteiger partial charge in [0.15, 0.2) is 0 Å². The third-order valence-electron chi connectivity index (χ3n) is 4.80. The van der Waals surface area contributed by atoms with E-state index in [0.717, 1.165) is 0 Å². The van der Waals surface area contributed by atoms with E-state index in [1.807, 2.05) is 6.92 Å². The van der Waals surface area contributed by atoms with Crippen LogP contribution in [0, 0.1) is 0 Å². The number of carbonyl (C=O) groups is 1. The molecular formula is C17H33NO8. The largest absolute Gasteiger partial charge is 0.394 e. The quantitative estimate of drug-likeness (QED) is 0.230. The molecule has 1 fully saturated rings. The van der Waals surface area contributed by atoms with Crippen LogP contribution >= 0.6 is 0 Å². The molecule has 154 valence electrons. The molecule has 1 aliphatic heterocycles. The van der Waals surface area contributed by atoms with Crippen molar-refractivity contribution in [3.8, 4) is 0 Å². The van der Waals surface area contributed by atoms with Crippen LogP contribution in [0.2, 0.25) is 0 Å². The van der Waals surface area contributed by atoms with Crippen LogP contribution in [0.25, 0.3) is 0 Å². The summed E-state index contributed by atoms with van der Waals surface area (Å²) in [6.07, 6.45) is -6.81. The summed E-state index contributed by atoms with van der Waals surface area (Å²) in [5.74, 6) is -0.256. The van der Waals surface area contributed by atoms with E-state index in [4.69, 9.17) is 4.74 Å². The molecule has 1 aliphatic rings. The van der Waals surface area contributed by atoms with Crippen molar-refractivity contribution < 1.29 is 40.2 Å². The maximum atomic E-state index is 11.9. The van der Waals surface area contributed by atoms with Crippen molar-refractivity contribution in [1.82, 2.24) is 5.32 Å². The summed E-state index contributed by atoms with van der Waals surface area (Å²) < 4.78 is 5.43. The Morgan fingerprint density at radius 2 is 1.69 bits per heavy atom. The molecule has 1 amide bonds. The summed E-state index contributed by atoms with van der Waals surface area (Å²) >= 11 is 0. The molecule has 0 aromatic heterocycles. The van der Waals surface area contributed by atoms with Gasteiger partial charge < -0.3 is 40.7 Å². The average Bonchev–Trinajstić information content (AvgIpc) is 2.63. The van der Waals surface area contributed by atoms with Gasteiger partial charge in [0.05, 0.1) is 31.0 Å². The Balaban J connectivity index is 2.75. The van der Waals surface area contributed by atoms with E-state index in [-0.39, 0.29) is 25.2 Å². The van der Waals surface area contributed by atoms with Crippen molar-refractivity contribution in [3.63, 3.8) is 0 Å². The van der Waals surface area contributed by atoms with Crippen LogP contribution in [0.3, 0.4) is 0 Å². The van der Waals surface area contributed by atoms with Gasteiger partial charge in [0.2, 0.25) is 5.91 Å². The maximum Gasteiger partial charge on any atom is 0.220 e. The number of rotatable bonds is 10. The van der Waals surface area contributed by atoms with Crippen LogP contribution in [-0.4, -0.2) is 91.9 Å². The molecule has 1 saturated heterocycles. The Morgan fingerprint density at radius 1 is 1.08 bits per heavy atom. The first-order valence-electron chi connectivity index (χ1n) is 9.22. The Labute approximate surface area is 153 Å². The number of ether oxygens (including phenoxy) is 1. The lowest BCUT2D eigenvalue weighted by atomic mass is 9.90. The van der Waals surface area contributed by atoms with Gasteiger partial charge in [0, 0.05) is 6.42 Å². The van der Waals surface area contributed by atoms with Gasteiger partial charge in [-0.1, -0.05) is 13.8 Å². The fourth-order valence-electron chi connectivity index (χ4n) is 3.11. The van der Waals surface area contributed by atoms with Gasteiger partial charge in [-0.05, 0) is 25.7 Å². The second kappa shape index (κ2) is 11.1. The first kappa shape index (κ1) is 23.2. The molecule has 1 heterocycles. The Bertz CT molecular complexity index is 422. The second-order valence-corrected chi connectivity index (χ2v) is 6.83. The number of amides is 1. The molecule has 9 heteroatoms. The first-order chi connectivity index (χ1) is 12.3. The van der Waals surface area contributed by atoms with Gasteiger partial charge in [-0.2, -0.15) is 0 Å². The van der Waals surface area contributed by atoms with Crippen LogP contribution in [0.5, 0.6) is 0 Å². The van der Waals surface area contributed by atoms with E-state index in [0.29, 0.717) is 12.8 Å². The van der Waals surface area contributed by atoms with Crippen molar-refractivity contribution in [2.24, 2.45) is 0 Å². The fraction of sp³-hybridized carbons (Fsp3) is 0.941. The van der Waals surface area contributed by atoms with Crippen molar-refractivity contribution in [3.05, 3.63) is 0 Å². The number of nitrogens with one attached hydrogen (secondary N) is 1. The van der Waals surface area contributed by atoms with Gasteiger partial charge in [0.1, 0.15) is 24.4 Å². The minimum absolute atomic E-state index is 0.145. The van der Waals surface area contributed by atoms with Crippen LogP contribution < -0.4 is 5.32 Å². The number of aliphatic hydroxyl groups is 6. The highest BCUT2D eigenvalue weighted by Gasteiger charge is 2.43. The predicted octanol–water partition coefficient (Wildman–Crippen LogP) is -1.97. The molecule has 1 rings (SSSR count). The Kier molecular flexibility index (Phi) is 9.94. The molecule has 8 atom stereocenters. The van der Waals surface area contributed by atoms with Gasteiger partial charge in [-0.25, -0.2) is 0 Å². The van der Waals surface area contributed by atoms with Crippen LogP contribution in [0.15, 0.2) is 0 Å². The van der Waals surface area contributed by atoms with Crippen LogP contribution in [-0.2, 0) is 9.53 Å². The Morgan fingerprint density at radius 3 is 2.23 bits per heavy atom. The molecule has 0 aromatic carbocycles. The van der Waals surface area contributed by atoms with Crippen molar-refractivity contribution in [1.29, 1.82) is 0 Å². The second-order valence-electron chi connectivity index (χ2n) is 6.83. The molecular weight excluding hydrogens is 346 g/mol. The molecule has 5 unspecified atom stereocenters. The zero-order valence-electron chi connectivity index (χ0n) is 15.4. The molecule has 0 aliphatic carbocycles. The minimum atomic E-state index is -1.47. The average molecular weight is 379 g/mol. The van der Waals surface area contributed by atoms with Crippen LogP contribution in [0.1, 0.15) is 46.0 Å². The number of carbonyl (C=O) groups excluding carboxylic acids is 1. The van der Waals surface area contributed by atoms with Gasteiger partial charge in [0.25, 0.3) is 0 Å². The lowest BCUT2D eigenvalue weighted by Gasteiger charge is -2.40. The van der Waals surface area contributed by atoms with Crippen LogP contribution in [0.4, 0.5) is 0 Å². The zero-order valence-corrected chi connectivity index (χ0v) is 15.4. The number of aliphatic hydroxyl groups excluding tert-OH is 6. The van der Waals surface area contributed by atoms with E-state index in [9.17, 15) is 35.4 Å². The summed E-state index contributed by atoms with van der Waals surface area (Å²) in [5, 5.41) is 61.8. The van der Waals surface area contributed by atoms with E-state index >= 15 is 0 Å². The number of hydrogen-bond donors (Lipinski definition) is 7. The molecule has 0 saturated carbocycles. The third-order valence-corrected chi connectivity index (χ3v) is 4.80. The van der Waals surface area contributed by atoms with Crippen molar-refractivity contribution in [2.45, 2.75) is 94.7 Å². The number of hydrogen-bond acceptors (Lipinski definition) is 8. The molecule has 0 bridgehead atoms. The molecule has 0 radical (unpaired) electrons. The summed E-state index contributed by atoms with van der Waals surface area (Å²) in [6, 6.07) is -0.753. The maximum absolute atomic E-state index is 11.9. The van der Waals surface area contributed by atoms with Crippen molar-refractivity contribution in [2.75, 3.05) is 6.61 Å². The summed E-state index contributed by atoms with van der Waals surface area (Å²) in [6.45, 7) is 3.03. The molecule has 26 heavy (non-hydrogen) atoms. The highest BCUT2D eigenvalue weighted by molar-refractivity contribution is 5.76. The monoisotopic (exact) mass is 379 g/mol.